The van der Waals surface area contributed by atoms with E-state index in [4.69, 9.17) is 11.6 Å². The van der Waals surface area contributed by atoms with Crippen molar-refractivity contribution in [1.29, 1.82) is 0 Å². The van der Waals surface area contributed by atoms with Crippen molar-refractivity contribution in [3.8, 4) is 0 Å². The third-order valence-corrected chi connectivity index (χ3v) is 6.44. The predicted molar refractivity (Wildman–Crippen MR) is 113 cm³/mol. The molecule has 0 fully saturated rings. The molecule has 3 aromatic rings. The van der Waals surface area contributed by atoms with Gasteiger partial charge in [0.15, 0.2) is 5.82 Å². The Morgan fingerprint density at radius 3 is 2.89 bits per heavy atom. The molecule has 2 heterocycles. The van der Waals surface area contributed by atoms with Crippen LogP contribution in [0.25, 0.3) is 21.3 Å². The molecule has 1 aliphatic carbocycles. The van der Waals surface area contributed by atoms with Gasteiger partial charge < -0.3 is 4.98 Å². The Bertz CT molecular complexity index is 1190. The first-order valence-electron chi connectivity index (χ1n) is 9.05. The minimum Gasteiger partial charge on any atom is -0.305 e. The van der Waals surface area contributed by atoms with Gasteiger partial charge in [0, 0.05) is 16.5 Å². The van der Waals surface area contributed by atoms with E-state index in [9.17, 15) is 14.9 Å². The Morgan fingerprint density at radius 2 is 2.18 bits per heavy atom. The first-order chi connectivity index (χ1) is 13.3. The van der Waals surface area contributed by atoms with Crippen molar-refractivity contribution in [2.75, 3.05) is 0 Å². The van der Waals surface area contributed by atoms with Crippen molar-refractivity contribution in [2.45, 2.75) is 39.0 Å². The summed E-state index contributed by atoms with van der Waals surface area (Å²) in [6.07, 6.45) is 4.56. The normalized spacial score (nSPS) is 14.1. The van der Waals surface area contributed by atoms with E-state index in [1.807, 2.05) is 13.8 Å². The molecule has 1 aliphatic rings. The lowest BCUT2D eigenvalue weighted by Crippen LogP contribution is -2.10. The highest BCUT2D eigenvalue weighted by Gasteiger charge is 2.22. The number of benzene rings is 1. The second-order valence-corrected chi connectivity index (χ2v) is 8.67. The summed E-state index contributed by atoms with van der Waals surface area (Å²) in [6.45, 7) is 3.82. The van der Waals surface area contributed by atoms with Crippen molar-refractivity contribution in [3.05, 3.63) is 66.1 Å². The second-order valence-electron chi connectivity index (χ2n) is 7.17. The zero-order chi connectivity index (χ0) is 20.0. The Balaban J connectivity index is 1.76. The Labute approximate surface area is 170 Å². The molecule has 6 nitrogen and oxygen atoms in total. The number of thiophene rings is 1. The fraction of sp³-hybridized carbons (Fsp3) is 0.300. The number of hydrogen-bond donors (Lipinski definition) is 1. The van der Waals surface area contributed by atoms with E-state index < -0.39 is 0 Å². The fourth-order valence-corrected chi connectivity index (χ4v) is 5.10. The average molecular weight is 416 g/mol. The van der Waals surface area contributed by atoms with Gasteiger partial charge in [-0.15, -0.1) is 11.3 Å². The van der Waals surface area contributed by atoms with Crippen LogP contribution in [0.2, 0.25) is 0 Å². The highest BCUT2D eigenvalue weighted by molar-refractivity contribution is 7.18. The van der Waals surface area contributed by atoms with Gasteiger partial charge in [-0.05, 0) is 42.4 Å². The van der Waals surface area contributed by atoms with Crippen LogP contribution >= 0.6 is 22.9 Å². The van der Waals surface area contributed by atoms with Crippen LogP contribution in [0.1, 0.15) is 53.6 Å². The highest BCUT2D eigenvalue weighted by atomic mass is 35.5. The van der Waals surface area contributed by atoms with Crippen LogP contribution in [-0.2, 0) is 12.8 Å². The number of fused-ring (bicyclic) bond motifs is 3. The van der Waals surface area contributed by atoms with Gasteiger partial charge in [0.05, 0.1) is 15.3 Å². The van der Waals surface area contributed by atoms with Crippen LogP contribution < -0.4 is 5.56 Å². The van der Waals surface area contributed by atoms with Crippen molar-refractivity contribution in [1.82, 2.24) is 9.97 Å². The number of H-pyrrole nitrogens is 1. The largest absolute Gasteiger partial charge is 0.305 e. The lowest BCUT2D eigenvalue weighted by molar-refractivity contribution is -0.385. The zero-order valence-corrected chi connectivity index (χ0v) is 17.0. The monoisotopic (exact) mass is 415 g/mol. The Kier molecular flexibility index (Phi) is 4.81. The summed E-state index contributed by atoms with van der Waals surface area (Å²) < 4.78 is 0. The Hall–Kier alpha value is -2.51. The molecule has 0 amide bonds. The molecule has 0 bridgehead atoms. The lowest BCUT2D eigenvalue weighted by atomic mass is 9.99. The molecule has 0 spiro atoms. The topological polar surface area (TPSA) is 88.9 Å². The van der Waals surface area contributed by atoms with Crippen LogP contribution in [-0.4, -0.2) is 14.9 Å². The molecule has 0 atom stereocenters. The molecule has 0 unspecified atom stereocenters. The molecular formula is C20H18ClN3O3S. The van der Waals surface area contributed by atoms with Gasteiger partial charge in [-0.2, -0.15) is 0 Å². The molecule has 4 rings (SSSR count). The van der Waals surface area contributed by atoms with E-state index in [-0.39, 0.29) is 32.9 Å². The summed E-state index contributed by atoms with van der Waals surface area (Å²) in [7, 11) is 0. The smallest absolute Gasteiger partial charge is 0.273 e. The number of nitrogens with one attached hydrogen (secondary N) is 1. The molecule has 28 heavy (non-hydrogen) atoms. The molecule has 0 aliphatic heterocycles. The van der Waals surface area contributed by atoms with Gasteiger partial charge in [-0.3, -0.25) is 14.9 Å². The molecule has 0 saturated carbocycles. The van der Waals surface area contributed by atoms with E-state index >= 15 is 0 Å². The quantitative estimate of drug-likeness (QED) is 0.466. The predicted octanol–water partition coefficient (Wildman–Crippen LogP) is 5.24. The number of halogens is 1. The summed E-state index contributed by atoms with van der Waals surface area (Å²) >= 11 is 7.95. The molecule has 0 saturated heterocycles. The van der Waals surface area contributed by atoms with Crippen LogP contribution in [0, 0.1) is 10.1 Å². The fourth-order valence-electron chi connectivity index (χ4n) is 3.63. The minimum absolute atomic E-state index is 0.0371. The zero-order valence-electron chi connectivity index (χ0n) is 15.4. The van der Waals surface area contributed by atoms with Crippen LogP contribution in [0.15, 0.2) is 23.0 Å². The SMILES string of the molecule is CC(C)c1ccc(C=C(Cl)c2nc3sc4c(c3c(=O)[nH]2)CCC4)cc1[N+](=O)[O-]. The average Bonchev–Trinajstić information content (AvgIpc) is 3.21. The summed E-state index contributed by atoms with van der Waals surface area (Å²) in [4.78, 5) is 32.8. The standard InChI is InChI=1S/C20H18ClN3O3S/c1-10(2)12-7-6-11(9-15(12)24(26)27)8-14(21)18-22-19(25)17-13-4-3-5-16(13)28-20(17)23-18/h6-10H,3-5H2,1-2H3,(H,22,23,25). The Morgan fingerprint density at radius 1 is 1.39 bits per heavy atom. The number of aryl methyl sites for hydroxylation is 2. The second kappa shape index (κ2) is 7.14. The minimum atomic E-state index is -0.389. The van der Waals surface area contributed by atoms with Gasteiger partial charge in [0.25, 0.3) is 11.2 Å². The van der Waals surface area contributed by atoms with Crippen molar-refractivity contribution < 1.29 is 4.92 Å². The lowest BCUT2D eigenvalue weighted by Gasteiger charge is -2.07. The first kappa shape index (κ1) is 18.8. The van der Waals surface area contributed by atoms with Gasteiger partial charge in [0.2, 0.25) is 0 Å². The van der Waals surface area contributed by atoms with Crippen LogP contribution in [0.4, 0.5) is 5.69 Å². The number of aromatic nitrogens is 2. The van der Waals surface area contributed by atoms with E-state index in [0.717, 1.165) is 24.8 Å². The molecular weight excluding hydrogens is 398 g/mol. The number of nitrogens with zero attached hydrogens (tertiary/aromatic N) is 2. The summed E-state index contributed by atoms with van der Waals surface area (Å²) in [6, 6.07) is 5.01. The number of nitro benzene ring substituents is 1. The van der Waals surface area contributed by atoms with Crippen molar-refractivity contribution in [3.63, 3.8) is 0 Å². The van der Waals surface area contributed by atoms with E-state index in [1.165, 1.54) is 10.9 Å². The molecule has 2 aromatic heterocycles. The van der Waals surface area contributed by atoms with E-state index in [2.05, 4.69) is 9.97 Å². The number of aromatic amines is 1. The molecule has 8 heteroatoms. The molecule has 0 radical (unpaired) electrons. The number of hydrogen-bond acceptors (Lipinski definition) is 5. The summed E-state index contributed by atoms with van der Waals surface area (Å²) in [5.74, 6) is 0.310. The third-order valence-electron chi connectivity index (χ3n) is 4.97. The maximum Gasteiger partial charge on any atom is 0.273 e. The molecule has 1 N–H and O–H groups in total. The van der Waals surface area contributed by atoms with Crippen molar-refractivity contribution >= 4 is 50.0 Å². The van der Waals surface area contributed by atoms with E-state index in [0.29, 0.717) is 21.3 Å². The number of nitro groups is 1. The maximum absolute atomic E-state index is 12.6. The summed E-state index contributed by atoms with van der Waals surface area (Å²) in [5.41, 5.74) is 2.23. The van der Waals surface area contributed by atoms with Crippen LogP contribution in [0.5, 0.6) is 0 Å². The van der Waals surface area contributed by atoms with Gasteiger partial charge >= 0.3 is 0 Å². The number of rotatable bonds is 4. The maximum atomic E-state index is 12.6. The first-order valence-corrected chi connectivity index (χ1v) is 10.2. The van der Waals surface area contributed by atoms with Gasteiger partial charge in [0.1, 0.15) is 4.83 Å². The van der Waals surface area contributed by atoms with Crippen LogP contribution in [0.3, 0.4) is 0 Å². The molecule has 144 valence electrons. The van der Waals surface area contributed by atoms with Gasteiger partial charge in [-0.1, -0.05) is 37.6 Å². The third kappa shape index (κ3) is 3.25. The summed E-state index contributed by atoms with van der Waals surface area (Å²) in [5, 5.41) is 12.3. The van der Waals surface area contributed by atoms with Crippen molar-refractivity contribution in [2.24, 2.45) is 0 Å². The molecule has 1 aromatic carbocycles. The highest BCUT2D eigenvalue weighted by Crippen LogP contribution is 2.35. The van der Waals surface area contributed by atoms with Gasteiger partial charge in [-0.25, -0.2) is 4.98 Å². The van der Waals surface area contributed by atoms with E-state index in [1.54, 1.807) is 29.5 Å².